The molecular formula is C17H22ClN3O3S. The van der Waals surface area contributed by atoms with Gasteiger partial charge in [0.2, 0.25) is 10.0 Å². The van der Waals surface area contributed by atoms with Crippen molar-refractivity contribution in [1.29, 1.82) is 0 Å². The van der Waals surface area contributed by atoms with Gasteiger partial charge in [-0.15, -0.1) is 0 Å². The highest BCUT2D eigenvalue weighted by Gasteiger charge is 2.26. The van der Waals surface area contributed by atoms with Crippen molar-refractivity contribution in [3.05, 3.63) is 52.4 Å². The van der Waals surface area contributed by atoms with Gasteiger partial charge in [-0.3, -0.25) is 4.90 Å². The average molecular weight is 384 g/mol. The third kappa shape index (κ3) is 4.82. The number of hydrogen-bond acceptors (Lipinski definition) is 5. The van der Waals surface area contributed by atoms with E-state index in [9.17, 15) is 8.42 Å². The molecule has 0 radical (unpaired) electrons. The third-order valence-electron chi connectivity index (χ3n) is 4.30. The summed E-state index contributed by atoms with van der Waals surface area (Å²) in [5.41, 5.74) is 1.52. The first-order valence-electron chi connectivity index (χ1n) is 8.30. The molecule has 0 atom stereocenters. The van der Waals surface area contributed by atoms with E-state index in [0.29, 0.717) is 36.8 Å². The lowest BCUT2D eigenvalue weighted by Crippen LogP contribution is -2.35. The van der Waals surface area contributed by atoms with Crippen molar-refractivity contribution >= 4 is 21.6 Å². The second-order valence-electron chi connectivity index (χ2n) is 6.31. The van der Waals surface area contributed by atoms with E-state index in [-0.39, 0.29) is 5.75 Å². The van der Waals surface area contributed by atoms with Crippen LogP contribution in [0, 0.1) is 6.92 Å². The van der Waals surface area contributed by atoms with Gasteiger partial charge in [-0.25, -0.2) is 12.7 Å². The summed E-state index contributed by atoms with van der Waals surface area (Å²) in [5.74, 6) is 0.726. The number of aryl methyl sites for hydroxylation is 1. The van der Waals surface area contributed by atoms with Crippen LogP contribution < -0.4 is 0 Å². The molecule has 0 N–H and O–H groups in total. The summed E-state index contributed by atoms with van der Waals surface area (Å²) in [6.07, 6.45) is 0.790. The second kappa shape index (κ2) is 7.86. The maximum absolute atomic E-state index is 12.7. The van der Waals surface area contributed by atoms with E-state index in [0.717, 1.165) is 24.4 Å². The van der Waals surface area contributed by atoms with E-state index in [2.05, 4.69) is 10.1 Å². The van der Waals surface area contributed by atoms with Gasteiger partial charge in [0.25, 0.3) is 0 Å². The molecule has 0 saturated carbocycles. The zero-order valence-corrected chi connectivity index (χ0v) is 15.8. The quantitative estimate of drug-likeness (QED) is 0.794. The predicted molar refractivity (Wildman–Crippen MR) is 96.8 cm³/mol. The van der Waals surface area contributed by atoms with E-state index in [1.54, 1.807) is 28.6 Å². The lowest BCUT2D eigenvalue weighted by molar-refractivity contribution is 0.268. The lowest BCUT2D eigenvalue weighted by Gasteiger charge is -2.21. The van der Waals surface area contributed by atoms with Crippen LogP contribution in [-0.2, 0) is 22.3 Å². The normalized spacial score (nSPS) is 17.5. The number of nitrogens with zero attached hydrogens (tertiary/aromatic N) is 3. The largest absolute Gasteiger partial charge is 0.361 e. The summed E-state index contributed by atoms with van der Waals surface area (Å²) in [7, 11) is -3.39. The van der Waals surface area contributed by atoms with Crippen molar-refractivity contribution in [3.8, 4) is 0 Å². The zero-order chi connectivity index (χ0) is 17.9. The van der Waals surface area contributed by atoms with E-state index in [4.69, 9.17) is 16.1 Å². The summed E-state index contributed by atoms with van der Waals surface area (Å²) in [5, 5.41) is 4.50. The molecule has 136 valence electrons. The number of hydrogen-bond donors (Lipinski definition) is 0. The summed E-state index contributed by atoms with van der Waals surface area (Å²) >= 11 is 6.11. The van der Waals surface area contributed by atoms with Crippen molar-refractivity contribution in [2.75, 3.05) is 26.2 Å². The average Bonchev–Trinajstić information content (AvgIpc) is 2.82. The first-order chi connectivity index (χ1) is 11.9. The SMILES string of the molecule is Cc1cc(CN2CCCN(S(=O)(=O)Cc3ccccc3Cl)CC2)no1. The summed E-state index contributed by atoms with van der Waals surface area (Å²) < 4.78 is 32.2. The molecule has 3 rings (SSSR count). The second-order valence-corrected chi connectivity index (χ2v) is 8.68. The molecule has 0 aliphatic carbocycles. The van der Waals surface area contributed by atoms with Gasteiger partial charge in [0.05, 0.1) is 11.4 Å². The van der Waals surface area contributed by atoms with Gasteiger partial charge in [-0.2, -0.15) is 0 Å². The molecule has 1 aliphatic rings. The number of aromatic nitrogens is 1. The number of sulfonamides is 1. The van der Waals surface area contributed by atoms with Crippen LogP contribution in [0.2, 0.25) is 5.02 Å². The fourth-order valence-corrected chi connectivity index (χ4v) is 4.88. The topological polar surface area (TPSA) is 66.7 Å². The van der Waals surface area contributed by atoms with Crippen molar-refractivity contribution in [2.45, 2.75) is 25.6 Å². The molecule has 1 saturated heterocycles. The Hall–Kier alpha value is -1.41. The molecule has 6 nitrogen and oxygen atoms in total. The number of halogens is 1. The minimum Gasteiger partial charge on any atom is -0.361 e. The van der Waals surface area contributed by atoms with Gasteiger partial charge in [0.1, 0.15) is 5.76 Å². The fraction of sp³-hybridized carbons (Fsp3) is 0.471. The molecule has 2 heterocycles. The maximum Gasteiger partial charge on any atom is 0.218 e. The van der Waals surface area contributed by atoms with Crippen molar-refractivity contribution < 1.29 is 12.9 Å². The zero-order valence-electron chi connectivity index (χ0n) is 14.2. The molecule has 0 bridgehead atoms. The molecule has 2 aromatic rings. The Kier molecular flexibility index (Phi) is 5.78. The van der Waals surface area contributed by atoms with Crippen molar-refractivity contribution in [2.24, 2.45) is 0 Å². The molecule has 1 aliphatic heterocycles. The first-order valence-corrected chi connectivity index (χ1v) is 10.3. The smallest absolute Gasteiger partial charge is 0.218 e. The Bertz CT molecular complexity index is 822. The fourth-order valence-electron chi connectivity index (χ4n) is 3.01. The van der Waals surface area contributed by atoms with Crippen LogP contribution in [0.25, 0.3) is 0 Å². The van der Waals surface area contributed by atoms with E-state index in [1.165, 1.54) is 0 Å². The summed E-state index contributed by atoms with van der Waals surface area (Å²) in [6.45, 7) is 5.06. The number of benzene rings is 1. The standard InChI is InChI=1S/C17H22ClN3O3S/c1-14-11-16(19-24-14)12-20-7-4-8-21(10-9-20)25(22,23)13-15-5-2-3-6-17(15)18/h2-3,5-6,11H,4,7-10,12-13H2,1H3. The molecule has 1 fully saturated rings. The Morgan fingerprint density at radius 2 is 2.00 bits per heavy atom. The Morgan fingerprint density at radius 1 is 1.20 bits per heavy atom. The summed E-state index contributed by atoms with van der Waals surface area (Å²) in [6, 6.07) is 9.00. The van der Waals surface area contributed by atoms with E-state index < -0.39 is 10.0 Å². The van der Waals surface area contributed by atoms with Gasteiger partial charge in [0.15, 0.2) is 0 Å². The van der Waals surface area contributed by atoms with Crippen LogP contribution in [0.5, 0.6) is 0 Å². The van der Waals surface area contributed by atoms with Gasteiger partial charge < -0.3 is 4.52 Å². The molecule has 0 amide bonds. The van der Waals surface area contributed by atoms with E-state index in [1.807, 2.05) is 13.0 Å². The van der Waals surface area contributed by atoms with Crippen LogP contribution >= 0.6 is 11.6 Å². The predicted octanol–water partition coefficient (Wildman–Crippen LogP) is 2.67. The molecule has 1 aromatic heterocycles. The maximum atomic E-state index is 12.7. The van der Waals surface area contributed by atoms with Crippen LogP contribution in [0.4, 0.5) is 0 Å². The van der Waals surface area contributed by atoms with Gasteiger partial charge in [-0.05, 0) is 31.5 Å². The minimum absolute atomic E-state index is 0.0604. The highest BCUT2D eigenvalue weighted by atomic mass is 35.5. The Labute approximate surface area is 153 Å². The minimum atomic E-state index is -3.39. The van der Waals surface area contributed by atoms with Crippen LogP contribution in [-0.4, -0.2) is 49.0 Å². The Morgan fingerprint density at radius 3 is 2.72 bits per heavy atom. The molecular weight excluding hydrogens is 362 g/mol. The van der Waals surface area contributed by atoms with Gasteiger partial charge in [-0.1, -0.05) is 35.0 Å². The first kappa shape index (κ1) is 18.4. The van der Waals surface area contributed by atoms with Crippen molar-refractivity contribution in [1.82, 2.24) is 14.4 Å². The summed E-state index contributed by atoms with van der Waals surface area (Å²) in [4.78, 5) is 2.21. The molecule has 8 heteroatoms. The van der Waals surface area contributed by atoms with Crippen LogP contribution in [0.1, 0.15) is 23.4 Å². The van der Waals surface area contributed by atoms with E-state index >= 15 is 0 Å². The molecule has 1 aromatic carbocycles. The third-order valence-corrected chi connectivity index (χ3v) is 6.50. The lowest BCUT2D eigenvalue weighted by atomic mass is 10.2. The van der Waals surface area contributed by atoms with Gasteiger partial charge in [0, 0.05) is 37.3 Å². The molecule has 0 unspecified atom stereocenters. The number of rotatable bonds is 5. The van der Waals surface area contributed by atoms with Gasteiger partial charge >= 0.3 is 0 Å². The van der Waals surface area contributed by atoms with Crippen molar-refractivity contribution in [3.63, 3.8) is 0 Å². The highest BCUT2D eigenvalue weighted by Crippen LogP contribution is 2.20. The molecule has 25 heavy (non-hydrogen) atoms. The highest BCUT2D eigenvalue weighted by molar-refractivity contribution is 7.88. The Balaban J connectivity index is 1.62. The molecule has 0 spiro atoms. The van der Waals surface area contributed by atoms with Crippen LogP contribution in [0.15, 0.2) is 34.9 Å². The monoisotopic (exact) mass is 383 g/mol. The van der Waals surface area contributed by atoms with Crippen LogP contribution in [0.3, 0.4) is 0 Å².